The van der Waals surface area contributed by atoms with Crippen LogP contribution in [0.5, 0.6) is 0 Å². The number of benzene rings is 1. The molecule has 2 rings (SSSR count). The molecule has 0 atom stereocenters. The van der Waals surface area contributed by atoms with E-state index in [1.165, 1.54) is 0 Å². The van der Waals surface area contributed by atoms with Gasteiger partial charge in [0.15, 0.2) is 0 Å². The molecule has 2 aromatic rings. The van der Waals surface area contributed by atoms with Gasteiger partial charge in [0, 0.05) is 11.0 Å². The molecule has 1 aromatic carbocycles. The van der Waals surface area contributed by atoms with Gasteiger partial charge in [0.25, 0.3) is 0 Å². The lowest BCUT2D eigenvalue weighted by molar-refractivity contribution is 0.449. The van der Waals surface area contributed by atoms with Crippen LogP contribution in [0, 0.1) is 6.92 Å². The predicted molar refractivity (Wildman–Crippen MR) is 70.9 cm³/mol. The van der Waals surface area contributed by atoms with Crippen molar-refractivity contribution >= 4 is 27.5 Å². The molecule has 0 spiro atoms. The molecule has 3 nitrogen and oxygen atoms in total. The third-order valence-corrected chi connectivity index (χ3v) is 3.47. The summed E-state index contributed by atoms with van der Waals surface area (Å²) in [6.45, 7) is 3.25. The molecule has 0 saturated carbocycles. The van der Waals surface area contributed by atoms with Crippen LogP contribution in [0.1, 0.15) is 17.2 Å². The van der Waals surface area contributed by atoms with Gasteiger partial charge in [-0.2, -0.15) is 0 Å². The van der Waals surface area contributed by atoms with Crippen molar-refractivity contribution in [2.24, 2.45) is 0 Å². The quantitative estimate of drug-likeness (QED) is 0.935. The lowest BCUT2D eigenvalue weighted by Crippen LogP contribution is -2.12. The lowest BCUT2D eigenvalue weighted by atomic mass is 10.2. The van der Waals surface area contributed by atoms with E-state index in [9.17, 15) is 0 Å². The molecule has 17 heavy (non-hydrogen) atoms. The monoisotopic (exact) mass is 314 g/mol. The minimum atomic E-state index is 0.619. The SMILES string of the molecule is Cc1cnc(CNCc2ccc(Cl)c(Br)c2)o1. The third-order valence-electron chi connectivity index (χ3n) is 2.26. The minimum Gasteiger partial charge on any atom is -0.445 e. The van der Waals surface area contributed by atoms with Crippen molar-refractivity contribution in [1.29, 1.82) is 0 Å². The third kappa shape index (κ3) is 3.56. The Morgan fingerprint density at radius 3 is 2.88 bits per heavy atom. The highest BCUT2D eigenvalue weighted by molar-refractivity contribution is 9.10. The predicted octanol–water partition coefficient (Wildman–Crippen LogP) is 3.69. The van der Waals surface area contributed by atoms with Crippen molar-refractivity contribution in [2.75, 3.05) is 0 Å². The topological polar surface area (TPSA) is 38.1 Å². The smallest absolute Gasteiger partial charge is 0.208 e. The van der Waals surface area contributed by atoms with Crippen molar-refractivity contribution in [3.63, 3.8) is 0 Å². The van der Waals surface area contributed by atoms with E-state index >= 15 is 0 Å². The summed E-state index contributed by atoms with van der Waals surface area (Å²) in [5.74, 6) is 1.53. The fraction of sp³-hybridized carbons (Fsp3) is 0.250. The van der Waals surface area contributed by atoms with Crippen LogP contribution in [0.3, 0.4) is 0 Å². The summed E-state index contributed by atoms with van der Waals surface area (Å²) in [5, 5.41) is 3.98. The van der Waals surface area contributed by atoms with E-state index in [1.807, 2.05) is 25.1 Å². The molecule has 1 heterocycles. The molecule has 1 aromatic heterocycles. The number of aryl methyl sites for hydroxylation is 1. The van der Waals surface area contributed by atoms with E-state index < -0.39 is 0 Å². The van der Waals surface area contributed by atoms with Crippen molar-refractivity contribution in [3.8, 4) is 0 Å². The molecule has 0 amide bonds. The molecular formula is C12H12BrClN2O. The average Bonchev–Trinajstić information content (AvgIpc) is 2.70. The van der Waals surface area contributed by atoms with Crippen molar-refractivity contribution < 1.29 is 4.42 Å². The fourth-order valence-corrected chi connectivity index (χ4v) is 1.99. The first-order valence-corrected chi connectivity index (χ1v) is 6.38. The Hall–Kier alpha value is -0.840. The molecule has 0 bridgehead atoms. The van der Waals surface area contributed by atoms with E-state index in [-0.39, 0.29) is 0 Å². The van der Waals surface area contributed by atoms with Gasteiger partial charge >= 0.3 is 0 Å². The van der Waals surface area contributed by atoms with Gasteiger partial charge in [-0.05, 0) is 40.5 Å². The first kappa shape index (κ1) is 12.6. The number of hydrogen-bond donors (Lipinski definition) is 1. The molecule has 0 aliphatic carbocycles. The van der Waals surface area contributed by atoms with Crippen LogP contribution in [0.4, 0.5) is 0 Å². The van der Waals surface area contributed by atoms with Crippen LogP contribution in [-0.2, 0) is 13.1 Å². The van der Waals surface area contributed by atoms with Crippen LogP contribution >= 0.6 is 27.5 Å². The van der Waals surface area contributed by atoms with Gasteiger partial charge in [-0.25, -0.2) is 4.98 Å². The average molecular weight is 316 g/mol. The van der Waals surface area contributed by atoms with Gasteiger partial charge < -0.3 is 9.73 Å². The maximum atomic E-state index is 5.92. The second kappa shape index (κ2) is 5.67. The second-order valence-electron chi connectivity index (χ2n) is 3.72. The molecule has 0 aliphatic heterocycles. The van der Waals surface area contributed by atoms with Gasteiger partial charge in [-0.1, -0.05) is 17.7 Å². The molecule has 0 saturated heterocycles. The number of nitrogens with zero attached hydrogens (tertiary/aromatic N) is 1. The summed E-state index contributed by atoms with van der Waals surface area (Å²) >= 11 is 9.32. The van der Waals surface area contributed by atoms with E-state index in [0.29, 0.717) is 12.4 Å². The Balaban J connectivity index is 1.87. The maximum absolute atomic E-state index is 5.92. The van der Waals surface area contributed by atoms with E-state index in [4.69, 9.17) is 16.0 Å². The Morgan fingerprint density at radius 2 is 2.24 bits per heavy atom. The Labute approximate surface area is 113 Å². The number of hydrogen-bond acceptors (Lipinski definition) is 3. The van der Waals surface area contributed by atoms with Crippen molar-refractivity contribution in [1.82, 2.24) is 10.3 Å². The van der Waals surface area contributed by atoms with Gasteiger partial charge in [0.1, 0.15) is 5.76 Å². The molecule has 0 unspecified atom stereocenters. The number of rotatable bonds is 4. The zero-order chi connectivity index (χ0) is 12.3. The maximum Gasteiger partial charge on any atom is 0.208 e. The van der Waals surface area contributed by atoms with Gasteiger partial charge in [0.05, 0.1) is 17.8 Å². The summed E-state index contributed by atoms with van der Waals surface area (Å²) in [4.78, 5) is 4.12. The fourth-order valence-electron chi connectivity index (χ4n) is 1.45. The first-order chi connectivity index (χ1) is 8.15. The Morgan fingerprint density at radius 1 is 1.41 bits per heavy atom. The second-order valence-corrected chi connectivity index (χ2v) is 4.98. The van der Waals surface area contributed by atoms with Gasteiger partial charge in [0.2, 0.25) is 5.89 Å². The highest BCUT2D eigenvalue weighted by Crippen LogP contribution is 2.23. The first-order valence-electron chi connectivity index (χ1n) is 5.21. The van der Waals surface area contributed by atoms with Gasteiger partial charge in [-0.3, -0.25) is 0 Å². The van der Waals surface area contributed by atoms with Crippen LogP contribution in [0.15, 0.2) is 33.3 Å². The van der Waals surface area contributed by atoms with Crippen molar-refractivity contribution in [3.05, 3.63) is 51.1 Å². The molecule has 0 fully saturated rings. The largest absolute Gasteiger partial charge is 0.445 e. The summed E-state index contributed by atoms with van der Waals surface area (Å²) < 4.78 is 6.27. The normalized spacial score (nSPS) is 10.8. The Bertz CT molecular complexity index is 513. The number of nitrogens with one attached hydrogen (secondary N) is 1. The summed E-state index contributed by atoms with van der Waals surface area (Å²) in [7, 11) is 0. The van der Waals surface area contributed by atoms with Crippen LogP contribution in [0.25, 0.3) is 0 Å². The molecule has 1 N–H and O–H groups in total. The van der Waals surface area contributed by atoms with Crippen molar-refractivity contribution in [2.45, 2.75) is 20.0 Å². The van der Waals surface area contributed by atoms with Crippen LogP contribution in [0.2, 0.25) is 5.02 Å². The highest BCUT2D eigenvalue weighted by atomic mass is 79.9. The van der Waals surface area contributed by atoms with E-state index in [2.05, 4.69) is 26.2 Å². The number of oxazole rings is 1. The Kier molecular flexibility index (Phi) is 4.20. The molecule has 0 radical (unpaired) electrons. The summed E-state index contributed by atoms with van der Waals surface area (Å²) in [5.41, 5.74) is 1.16. The summed E-state index contributed by atoms with van der Waals surface area (Å²) in [6, 6.07) is 5.86. The zero-order valence-electron chi connectivity index (χ0n) is 9.34. The van der Waals surface area contributed by atoms with E-state index in [1.54, 1.807) is 6.20 Å². The lowest BCUT2D eigenvalue weighted by Gasteiger charge is -2.04. The number of aromatic nitrogens is 1. The van der Waals surface area contributed by atoms with Crippen LogP contribution < -0.4 is 5.32 Å². The molecule has 5 heteroatoms. The van der Waals surface area contributed by atoms with Gasteiger partial charge in [-0.15, -0.1) is 0 Å². The molecule has 90 valence electrons. The zero-order valence-corrected chi connectivity index (χ0v) is 11.7. The number of halogens is 2. The van der Waals surface area contributed by atoms with E-state index in [0.717, 1.165) is 27.4 Å². The minimum absolute atomic E-state index is 0.619. The van der Waals surface area contributed by atoms with Crippen LogP contribution in [-0.4, -0.2) is 4.98 Å². The summed E-state index contributed by atoms with van der Waals surface area (Å²) in [6.07, 6.45) is 1.72. The highest BCUT2D eigenvalue weighted by Gasteiger charge is 2.01. The standard InChI is InChI=1S/C12H12BrClN2O/c1-8-5-16-12(17-8)7-15-6-9-2-3-11(14)10(13)4-9/h2-5,15H,6-7H2,1H3. The molecule has 0 aliphatic rings. The molecular weight excluding hydrogens is 304 g/mol.